The topological polar surface area (TPSA) is 44.3 Å². The molecule has 1 aromatic rings. The standard InChI is InChI=1S/C11H19N5/c1-9-8-16(7-6-12-9)10-4-5-13-11(14-10)15(2)3/h4-5,9,12H,6-8H2,1-3H3. The van der Waals surface area contributed by atoms with Crippen LogP contribution in [0.15, 0.2) is 12.3 Å². The summed E-state index contributed by atoms with van der Waals surface area (Å²) in [5.74, 6) is 1.79. The summed E-state index contributed by atoms with van der Waals surface area (Å²) in [7, 11) is 3.92. The van der Waals surface area contributed by atoms with Gasteiger partial charge in [0.2, 0.25) is 5.95 Å². The van der Waals surface area contributed by atoms with Crippen LogP contribution in [0, 0.1) is 0 Å². The third kappa shape index (κ3) is 2.41. The first-order valence-corrected chi connectivity index (χ1v) is 5.65. The molecule has 1 aromatic heterocycles. The Balaban J connectivity index is 2.16. The Labute approximate surface area is 96.5 Å². The van der Waals surface area contributed by atoms with E-state index in [9.17, 15) is 0 Å². The molecule has 0 radical (unpaired) electrons. The molecule has 0 saturated carbocycles. The van der Waals surface area contributed by atoms with Crippen molar-refractivity contribution in [1.82, 2.24) is 15.3 Å². The van der Waals surface area contributed by atoms with Crippen LogP contribution < -0.4 is 15.1 Å². The molecule has 2 rings (SSSR count). The van der Waals surface area contributed by atoms with E-state index in [4.69, 9.17) is 0 Å². The van der Waals surface area contributed by atoms with Crippen LogP contribution in [0.5, 0.6) is 0 Å². The minimum Gasteiger partial charge on any atom is -0.354 e. The van der Waals surface area contributed by atoms with Gasteiger partial charge in [-0.3, -0.25) is 0 Å². The first-order chi connectivity index (χ1) is 7.66. The molecule has 1 unspecified atom stereocenters. The van der Waals surface area contributed by atoms with E-state index >= 15 is 0 Å². The first kappa shape index (κ1) is 11.1. The molecule has 1 aliphatic rings. The van der Waals surface area contributed by atoms with Gasteiger partial charge in [-0.05, 0) is 13.0 Å². The van der Waals surface area contributed by atoms with Gasteiger partial charge >= 0.3 is 0 Å². The minimum absolute atomic E-state index is 0.520. The Kier molecular flexibility index (Phi) is 3.24. The summed E-state index contributed by atoms with van der Waals surface area (Å²) >= 11 is 0. The lowest BCUT2D eigenvalue weighted by Gasteiger charge is -2.32. The highest BCUT2D eigenvalue weighted by atomic mass is 15.3. The van der Waals surface area contributed by atoms with E-state index in [1.807, 2.05) is 31.3 Å². The average molecular weight is 221 g/mol. The summed E-state index contributed by atoms with van der Waals surface area (Å²) in [6.07, 6.45) is 1.82. The second-order valence-electron chi connectivity index (χ2n) is 4.41. The number of nitrogens with one attached hydrogen (secondary N) is 1. The second kappa shape index (κ2) is 4.65. The Morgan fingerprint density at radius 2 is 2.31 bits per heavy atom. The molecule has 1 saturated heterocycles. The van der Waals surface area contributed by atoms with Crippen molar-refractivity contribution < 1.29 is 0 Å². The van der Waals surface area contributed by atoms with Gasteiger partial charge in [0.05, 0.1) is 0 Å². The molecule has 1 atom stereocenters. The van der Waals surface area contributed by atoms with Crippen molar-refractivity contribution in [2.45, 2.75) is 13.0 Å². The van der Waals surface area contributed by atoms with E-state index in [1.54, 1.807) is 0 Å². The molecule has 1 aliphatic heterocycles. The monoisotopic (exact) mass is 221 g/mol. The number of piperazine rings is 1. The molecule has 1 fully saturated rings. The quantitative estimate of drug-likeness (QED) is 0.780. The van der Waals surface area contributed by atoms with Gasteiger partial charge in [-0.25, -0.2) is 4.98 Å². The maximum atomic E-state index is 4.54. The zero-order valence-corrected chi connectivity index (χ0v) is 10.1. The third-order valence-electron chi connectivity index (χ3n) is 2.72. The highest BCUT2D eigenvalue weighted by Gasteiger charge is 2.17. The van der Waals surface area contributed by atoms with Gasteiger partial charge in [-0.15, -0.1) is 0 Å². The van der Waals surface area contributed by atoms with Gasteiger partial charge < -0.3 is 15.1 Å². The molecule has 2 heterocycles. The van der Waals surface area contributed by atoms with E-state index in [2.05, 4.69) is 27.1 Å². The molecule has 0 bridgehead atoms. The largest absolute Gasteiger partial charge is 0.354 e. The van der Waals surface area contributed by atoms with Crippen molar-refractivity contribution >= 4 is 11.8 Å². The predicted octanol–water partition coefficient (Wildman–Crippen LogP) is 0.341. The molecule has 0 amide bonds. The lowest BCUT2D eigenvalue weighted by molar-refractivity contribution is 0.482. The van der Waals surface area contributed by atoms with Crippen molar-refractivity contribution in [1.29, 1.82) is 0 Å². The highest BCUT2D eigenvalue weighted by molar-refractivity contribution is 5.43. The van der Waals surface area contributed by atoms with Crippen molar-refractivity contribution in [2.24, 2.45) is 0 Å². The van der Waals surface area contributed by atoms with Crippen LogP contribution in [0.25, 0.3) is 0 Å². The van der Waals surface area contributed by atoms with Crippen LogP contribution in [0.1, 0.15) is 6.92 Å². The number of anilines is 2. The summed E-state index contributed by atoms with van der Waals surface area (Å²) in [5.41, 5.74) is 0. The Morgan fingerprint density at radius 3 is 3.00 bits per heavy atom. The van der Waals surface area contributed by atoms with Crippen molar-refractivity contribution in [3.05, 3.63) is 12.3 Å². The zero-order chi connectivity index (χ0) is 11.5. The number of hydrogen-bond acceptors (Lipinski definition) is 5. The summed E-state index contributed by atoms with van der Waals surface area (Å²) in [5, 5.41) is 3.42. The summed E-state index contributed by atoms with van der Waals surface area (Å²) < 4.78 is 0. The van der Waals surface area contributed by atoms with E-state index < -0.39 is 0 Å². The highest BCUT2D eigenvalue weighted by Crippen LogP contribution is 2.14. The number of nitrogens with zero attached hydrogens (tertiary/aromatic N) is 4. The molecular formula is C11H19N5. The smallest absolute Gasteiger partial charge is 0.226 e. The van der Waals surface area contributed by atoms with Crippen molar-refractivity contribution in [3.8, 4) is 0 Å². The summed E-state index contributed by atoms with van der Waals surface area (Å²) in [4.78, 5) is 13.0. The summed E-state index contributed by atoms with van der Waals surface area (Å²) in [6.45, 7) is 5.22. The normalized spacial score (nSPS) is 20.9. The summed E-state index contributed by atoms with van der Waals surface area (Å²) in [6, 6.07) is 2.50. The van der Waals surface area contributed by atoms with E-state index in [1.165, 1.54) is 0 Å². The van der Waals surface area contributed by atoms with E-state index in [0.29, 0.717) is 6.04 Å². The van der Waals surface area contributed by atoms with Gasteiger partial charge in [0.15, 0.2) is 0 Å². The average Bonchev–Trinajstić information content (AvgIpc) is 2.29. The molecule has 5 nitrogen and oxygen atoms in total. The molecule has 88 valence electrons. The molecule has 0 aromatic carbocycles. The minimum atomic E-state index is 0.520. The first-order valence-electron chi connectivity index (χ1n) is 5.65. The van der Waals surface area contributed by atoms with Gasteiger partial charge in [0, 0.05) is 46.0 Å². The number of aromatic nitrogens is 2. The second-order valence-corrected chi connectivity index (χ2v) is 4.41. The zero-order valence-electron chi connectivity index (χ0n) is 10.1. The fraction of sp³-hybridized carbons (Fsp3) is 0.636. The van der Waals surface area contributed by atoms with Crippen LogP contribution in [-0.4, -0.2) is 49.7 Å². The lowest BCUT2D eigenvalue weighted by atomic mass is 10.2. The van der Waals surface area contributed by atoms with Crippen LogP contribution in [0.4, 0.5) is 11.8 Å². The lowest BCUT2D eigenvalue weighted by Crippen LogP contribution is -2.49. The fourth-order valence-electron chi connectivity index (χ4n) is 1.87. The van der Waals surface area contributed by atoms with Gasteiger partial charge in [0.25, 0.3) is 0 Å². The van der Waals surface area contributed by atoms with E-state index in [-0.39, 0.29) is 0 Å². The number of hydrogen-bond donors (Lipinski definition) is 1. The Bertz CT molecular complexity index is 352. The van der Waals surface area contributed by atoms with Crippen molar-refractivity contribution in [2.75, 3.05) is 43.5 Å². The predicted molar refractivity (Wildman–Crippen MR) is 66.0 cm³/mol. The van der Waals surface area contributed by atoms with Crippen LogP contribution in [-0.2, 0) is 0 Å². The molecule has 5 heteroatoms. The van der Waals surface area contributed by atoms with Crippen LogP contribution >= 0.6 is 0 Å². The maximum absolute atomic E-state index is 4.54. The SMILES string of the molecule is CC1CN(c2ccnc(N(C)C)n2)CCN1. The third-order valence-corrected chi connectivity index (χ3v) is 2.72. The van der Waals surface area contributed by atoms with Crippen LogP contribution in [0.3, 0.4) is 0 Å². The van der Waals surface area contributed by atoms with E-state index in [0.717, 1.165) is 31.4 Å². The molecule has 0 spiro atoms. The molecule has 16 heavy (non-hydrogen) atoms. The maximum Gasteiger partial charge on any atom is 0.226 e. The van der Waals surface area contributed by atoms with Gasteiger partial charge in [-0.1, -0.05) is 0 Å². The fourth-order valence-corrected chi connectivity index (χ4v) is 1.87. The Hall–Kier alpha value is -1.36. The molecular weight excluding hydrogens is 202 g/mol. The van der Waals surface area contributed by atoms with Crippen molar-refractivity contribution in [3.63, 3.8) is 0 Å². The Morgan fingerprint density at radius 1 is 1.50 bits per heavy atom. The van der Waals surface area contributed by atoms with Gasteiger partial charge in [0.1, 0.15) is 5.82 Å². The number of rotatable bonds is 2. The molecule has 0 aliphatic carbocycles. The molecule has 1 N–H and O–H groups in total. The van der Waals surface area contributed by atoms with Crippen LogP contribution in [0.2, 0.25) is 0 Å². The van der Waals surface area contributed by atoms with Gasteiger partial charge in [-0.2, -0.15) is 4.98 Å².